The van der Waals surface area contributed by atoms with Gasteiger partial charge in [-0.3, -0.25) is 4.99 Å². The van der Waals surface area contributed by atoms with Crippen molar-refractivity contribution in [1.29, 1.82) is 0 Å². The Bertz CT molecular complexity index is 560. The van der Waals surface area contributed by atoms with Crippen molar-refractivity contribution in [1.82, 2.24) is 14.9 Å². The third-order valence-corrected chi connectivity index (χ3v) is 6.95. The topological polar surface area (TPSA) is 83.0 Å². The van der Waals surface area contributed by atoms with Gasteiger partial charge in [0.15, 0.2) is 5.96 Å². The van der Waals surface area contributed by atoms with Crippen LogP contribution in [0.5, 0.6) is 0 Å². The standard InChI is InChI=1S/C16H30N4O3S.HI/c1-17-15(20-8-5-16(12-20)6-9-23-13-16)18-7-10-24(21,22)19-11-14-3-2-4-14;/h14,19H,2-13H2,1H3,(H,17,18);1H. The zero-order valence-corrected chi connectivity index (χ0v) is 18.1. The SMILES string of the molecule is CN=C(NCCS(=O)(=O)NCC1CCC1)N1CCC2(CCOC2)C1.I. The molecule has 0 amide bonds. The molecule has 3 aliphatic rings. The second-order valence-electron chi connectivity index (χ2n) is 7.41. The van der Waals surface area contributed by atoms with E-state index in [0.29, 0.717) is 19.0 Å². The van der Waals surface area contributed by atoms with E-state index in [9.17, 15) is 8.42 Å². The van der Waals surface area contributed by atoms with Crippen LogP contribution in [0, 0.1) is 11.3 Å². The van der Waals surface area contributed by atoms with E-state index >= 15 is 0 Å². The van der Waals surface area contributed by atoms with E-state index in [2.05, 4.69) is 19.9 Å². The Morgan fingerprint density at radius 1 is 1.36 bits per heavy atom. The Labute approximate surface area is 168 Å². The summed E-state index contributed by atoms with van der Waals surface area (Å²) in [5.74, 6) is 1.42. The number of sulfonamides is 1. The lowest BCUT2D eigenvalue weighted by Gasteiger charge is -2.26. The van der Waals surface area contributed by atoms with Gasteiger partial charge < -0.3 is 15.0 Å². The van der Waals surface area contributed by atoms with E-state index in [1.807, 2.05) is 0 Å². The van der Waals surface area contributed by atoms with Crippen LogP contribution in [0.2, 0.25) is 0 Å². The number of hydrogen-bond donors (Lipinski definition) is 2. The number of nitrogens with one attached hydrogen (secondary N) is 2. The van der Waals surface area contributed by atoms with Crippen LogP contribution in [0.3, 0.4) is 0 Å². The first kappa shape index (κ1) is 21.2. The molecule has 2 N–H and O–H groups in total. The van der Waals surface area contributed by atoms with Crippen molar-refractivity contribution in [3.8, 4) is 0 Å². The minimum Gasteiger partial charge on any atom is -0.381 e. The maximum absolute atomic E-state index is 12.0. The normalized spacial score (nSPS) is 27.4. The van der Waals surface area contributed by atoms with Gasteiger partial charge in [-0.25, -0.2) is 13.1 Å². The second-order valence-corrected chi connectivity index (χ2v) is 9.34. The van der Waals surface area contributed by atoms with Crippen LogP contribution < -0.4 is 10.0 Å². The summed E-state index contributed by atoms with van der Waals surface area (Å²) in [5.41, 5.74) is 0.272. The van der Waals surface area contributed by atoms with E-state index in [0.717, 1.165) is 57.9 Å². The van der Waals surface area contributed by atoms with Gasteiger partial charge in [0.25, 0.3) is 0 Å². The Hall–Kier alpha value is -0.130. The Balaban J connectivity index is 0.00000225. The number of rotatable bonds is 6. The summed E-state index contributed by atoms with van der Waals surface area (Å²) in [6.07, 6.45) is 5.75. The second kappa shape index (κ2) is 9.18. The lowest BCUT2D eigenvalue weighted by Crippen LogP contribution is -2.44. The summed E-state index contributed by atoms with van der Waals surface area (Å²) in [6.45, 7) is 4.55. The minimum absolute atomic E-state index is 0. The van der Waals surface area contributed by atoms with Gasteiger partial charge in [-0.1, -0.05) is 6.42 Å². The van der Waals surface area contributed by atoms with E-state index in [1.165, 1.54) is 6.42 Å². The molecule has 1 aliphatic carbocycles. The molecule has 1 atom stereocenters. The molecule has 1 spiro atoms. The van der Waals surface area contributed by atoms with Crippen LogP contribution in [0.1, 0.15) is 32.1 Å². The van der Waals surface area contributed by atoms with Crippen molar-refractivity contribution in [2.45, 2.75) is 32.1 Å². The molecule has 0 aromatic heterocycles. The fourth-order valence-electron chi connectivity index (χ4n) is 3.73. The van der Waals surface area contributed by atoms with Gasteiger partial charge in [0.05, 0.1) is 12.4 Å². The highest BCUT2D eigenvalue weighted by atomic mass is 127. The molecule has 146 valence electrons. The van der Waals surface area contributed by atoms with Crippen molar-refractivity contribution in [3.63, 3.8) is 0 Å². The monoisotopic (exact) mass is 486 g/mol. The van der Waals surface area contributed by atoms with Crippen molar-refractivity contribution in [2.75, 3.05) is 52.2 Å². The molecule has 9 heteroatoms. The molecule has 7 nitrogen and oxygen atoms in total. The van der Waals surface area contributed by atoms with Crippen molar-refractivity contribution in [2.24, 2.45) is 16.3 Å². The predicted octanol–water partition coefficient (Wildman–Crippen LogP) is 1.01. The molecule has 2 heterocycles. The predicted molar refractivity (Wildman–Crippen MR) is 110 cm³/mol. The summed E-state index contributed by atoms with van der Waals surface area (Å²) in [5, 5.41) is 3.21. The van der Waals surface area contributed by atoms with Crippen LogP contribution in [0.25, 0.3) is 0 Å². The molecule has 0 bridgehead atoms. The summed E-state index contributed by atoms with van der Waals surface area (Å²) >= 11 is 0. The first-order chi connectivity index (χ1) is 11.5. The zero-order chi connectivity index (χ0) is 17.0. The average Bonchev–Trinajstić information content (AvgIpc) is 3.12. The Morgan fingerprint density at radius 3 is 2.76 bits per heavy atom. The van der Waals surface area contributed by atoms with Gasteiger partial charge in [0, 0.05) is 45.2 Å². The molecule has 0 aromatic rings. The van der Waals surface area contributed by atoms with Crippen LogP contribution in [0.15, 0.2) is 4.99 Å². The molecule has 2 saturated heterocycles. The molecular weight excluding hydrogens is 455 g/mol. The van der Waals surface area contributed by atoms with Crippen molar-refractivity contribution < 1.29 is 13.2 Å². The minimum atomic E-state index is -3.21. The molecular formula is C16H31IN4O3S. The van der Waals surface area contributed by atoms with Crippen LogP contribution in [-0.4, -0.2) is 71.5 Å². The number of hydrogen-bond acceptors (Lipinski definition) is 4. The third kappa shape index (κ3) is 5.67. The van der Waals surface area contributed by atoms with Crippen LogP contribution in [0.4, 0.5) is 0 Å². The van der Waals surface area contributed by atoms with Gasteiger partial charge in [0.1, 0.15) is 0 Å². The van der Waals surface area contributed by atoms with Gasteiger partial charge in [0.2, 0.25) is 10.0 Å². The van der Waals surface area contributed by atoms with Crippen LogP contribution in [-0.2, 0) is 14.8 Å². The quantitative estimate of drug-likeness (QED) is 0.333. The maximum atomic E-state index is 12.0. The molecule has 0 radical (unpaired) electrons. The van der Waals surface area contributed by atoms with Gasteiger partial charge in [-0.05, 0) is 31.6 Å². The molecule has 1 saturated carbocycles. The molecule has 0 aromatic carbocycles. The average molecular weight is 486 g/mol. The molecule has 1 unspecified atom stereocenters. The van der Waals surface area contributed by atoms with E-state index in [1.54, 1.807) is 7.05 Å². The van der Waals surface area contributed by atoms with E-state index in [-0.39, 0.29) is 35.1 Å². The zero-order valence-electron chi connectivity index (χ0n) is 15.0. The Morgan fingerprint density at radius 2 is 2.16 bits per heavy atom. The van der Waals surface area contributed by atoms with E-state index in [4.69, 9.17) is 4.74 Å². The largest absolute Gasteiger partial charge is 0.381 e. The first-order valence-electron chi connectivity index (χ1n) is 9.03. The first-order valence-corrected chi connectivity index (χ1v) is 10.7. The summed E-state index contributed by atoms with van der Waals surface area (Å²) in [7, 11) is -1.46. The van der Waals surface area contributed by atoms with Gasteiger partial charge in [-0.2, -0.15) is 0 Å². The molecule has 3 fully saturated rings. The molecule has 2 aliphatic heterocycles. The lowest BCUT2D eigenvalue weighted by molar-refractivity contribution is 0.156. The number of aliphatic imine (C=N–C) groups is 1. The highest BCUT2D eigenvalue weighted by Crippen LogP contribution is 2.38. The lowest BCUT2D eigenvalue weighted by atomic mass is 9.86. The highest BCUT2D eigenvalue weighted by molar-refractivity contribution is 14.0. The van der Waals surface area contributed by atoms with Gasteiger partial charge in [-0.15, -0.1) is 24.0 Å². The fourth-order valence-corrected chi connectivity index (χ4v) is 4.74. The number of halogens is 1. The third-order valence-electron chi connectivity index (χ3n) is 5.61. The highest BCUT2D eigenvalue weighted by Gasteiger charge is 2.42. The molecule has 25 heavy (non-hydrogen) atoms. The fraction of sp³-hybridized carbons (Fsp3) is 0.938. The molecule has 3 rings (SSSR count). The van der Waals surface area contributed by atoms with Crippen LogP contribution >= 0.6 is 24.0 Å². The summed E-state index contributed by atoms with van der Waals surface area (Å²) in [6, 6.07) is 0. The maximum Gasteiger partial charge on any atom is 0.213 e. The van der Waals surface area contributed by atoms with Crippen molar-refractivity contribution in [3.05, 3.63) is 0 Å². The summed E-state index contributed by atoms with van der Waals surface area (Å²) < 4.78 is 32.4. The van der Waals surface area contributed by atoms with E-state index < -0.39 is 10.0 Å². The summed E-state index contributed by atoms with van der Waals surface area (Å²) in [4.78, 5) is 6.54. The number of likely N-dealkylation sites (tertiary alicyclic amines) is 1. The number of guanidine groups is 1. The number of nitrogens with zero attached hydrogens (tertiary/aromatic N) is 2. The Kier molecular flexibility index (Phi) is 7.78. The van der Waals surface area contributed by atoms with Gasteiger partial charge >= 0.3 is 0 Å². The number of ether oxygens (including phenoxy) is 1. The van der Waals surface area contributed by atoms with Crippen molar-refractivity contribution >= 4 is 40.0 Å². The smallest absolute Gasteiger partial charge is 0.213 e.